The van der Waals surface area contributed by atoms with Crippen molar-refractivity contribution in [2.75, 3.05) is 12.5 Å². The van der Waals surface area contributed by atoms with Gasteiger partial charge in [-0.25, -0.2) is 0 Å². The fourth-order valence-electron chi connectivity index (χ4n) is 0.368. The van der Waals surface area contributed by atoms with E-state index in [-0.39, 0.29) is 10.3 Å². The molecule has 11 heteroatoms. The van der Waals surface area contributed by atoms with Crippen LogP contribution in [0, 0.1) is 10.8 Å². The van der Waals surface area contributed by atoms with Gasteiger partial charge < -0.3 is 11.5 Å². The Hall–Kier alpha value is -0.490. The lowest BCUT2D eigenvalue weighted by Crippen LogP contribution is -2.18. The summed E-state index contributed by atoms with van der Waals surface area (Å²) in [5, 5.41) is 13.1. The van der Waals surface area contributed by atoms with Crippen molar-refractivity contribution >= 4 is 43.1 Å². The van der Waals surface area contributed by atoms with Gasteiger partial charge in [-0.1, -0.05) is 22.4 Å². The van der Waals surface area contributed by atoms with Gasteiger partial charge in [-0.05, 0) is 12.5 Å². The average molecular weight is 278 g/mol. The van der Waals surface area contributed by atoms with E-state index in [4.69, 9.17) is 22.3 Å². The van der Waals surface area contributed by atoms with Crippen LogP contribution in [0.1, 0.15) is 0 Å². The largest absolute Gasteiger partial charge is 0.419 e. The molecule has 0 radical (unpaired) electrons. The molecule has 0 fully saturated rings. The second-order valence-electron chi connectivity index (χ2n) is 2.32. The topological polar surface area (TPSA) is 152 Å². The Kier molecular flexibility index (Phi) is 5.37. The first kappa shape index (κ1) is 14.5. The van der Waals surface area contributed by atoms with Crippen LogP contribution in [0.15, 0.2) is 0 Å². The molecule has 0 rings (SSSR count). The average Bonchev–Trinajstić information content (AvgIpc) is 2.01. The van der Waals surface area contributed by atoms with Gasteiger partial charge in [-0.3, -0.25) is 10.8 Å². The van der Waals surface area contributed by atoms with Gasteiger partial charge in [0.25, 0.3) is 0 Å². The number of thiol groups is 2. The number of amidine groups is 2. The Morgan fingerprint density at radius 3 is 1.53 bits per heavy atom. The van der Waals surface area contributed by atoms with E-state index in [1.54, 1.807) is 0 Å². The molecule has 6 N–H and O–H groups in total. The molecule has 0 bridgehead atoms. The smallest absolute Gasteiger partial charge is 0.378 e. The zero-order valence-electron chi connectivity index (χ0n) is 8.09. The molecule has 0 spiro atoms. The van der Waals surface area contributed by atoms with Crippen molar-refractivity contribution in [3.05, 3.63) is 0 Å². The maximum absolute atomic E-state index is 11.1. The Morgan fingerprint density at radius 2 is 1.33 bits per heavy atom. The summed E-state index contributed by atoms with van der Waals surface area (Å²) in [6, 6.07) is 0. The summed E-state index contributed by atoms with van der Waals surface area (Å²) in [4.78, 5) is 0. The maximum atomic E-state index is 11.1. The second kappa shape index (κ2) is 5.55. The highest BCUT2D eigenvalue weighted by molar-refractivity contribution is 8.31. The molecule has 0 aromatic carbocycles. The monoisotopic (exact) mass is 278 g/mol. The minimum absolute atomic E-state index is 0.375. The fraction of sp³-hybridized carbons (Fsp3) is 0.500. The quantitative estimate of drug-likeness (QED) is 0.224. The summed E-state index contributed by atoms with van der Waals surface area (Å²) in [6.07, 6.45) is 2.70. The zero-order valence-corrected chi connectivity index (χ0v) is 10.7. The van der Waals surface area contributed by atoms with Crippen LogP contribution in [0.5, 0.6) is 0 Å². The third kappa shape index (κ3) is 5.84. The van der Waals surface area contributed by atoms with E-state index in [0.29, 0.717) is 0 Å². The minimum Gasteiger partial charge on any atom is -0.378 e. The highest BCUT2D eigenvalue weighted by Crippen LogP contribution is 2.30. The van der Waals surface area contributed by atoms with Gasteiger partial charge in [0.05, 0.1) is 0 Å². The molecular weight excluding hydrogens is 264 g/mol. The number of nitrogens with two attached hydrogens (primary N) is 2. The van der Waals surface area contributed by atoms with Crippen LogP contribution in [0.2, 0.25) is 0 Å². The molecule has 2 atom stereocenters. The molecule has 0 aliphatic heterocycles. The first-order chi connectivity index (χ1) is 6.65. The SMILES string of the molecule is C[SH](OS(=O)(=O)O[SH](C)C(=N)N)C(=N)N. The summed E-state index contributed by atoms with van der Waals surface area (Å²) in [6.45, 7) is 0. The van der Waals surface area contributed by atoms with Crippen LogP contribution < -0.4 is 11.5 Å². The van der Waals surface area contributed by atoms with Crippen LogP contribution in [-0.2, 0) is 17.7 Å². The van der Waals surface area contributed by atoms with E-state index in [1.165, 1.54) is 12.5 Å². The molecule has 0 aromatic rings. The highest BCUT2D eigenvalue weighted by Gasteiger charge is 2.20. The van der Waals surface area contributed by atoms with E-state index < -0.39 is 32.8 Å². The van der Waals surface area contributed by atoms with Gasteiger partial charge in [-0.2, -0.15) is 15.7 Å². The molecule has 0 saturated carbocycles. The van der Waals surface area contributed by atoms with Crippen molar-refractivity contribution in [3.8, 4) is 0 Å². The van der Waals surface area contributed by atoms with Crippen molar-refractivity contribution in [1.82, 2.24) is 0 Å². The summed E-state index contributed by atoms with van der Waals surface area (Å²) in [5.41, 5.74) is 10.1. The minimum atomic E-state index is -4.25. The van der Waals surface area contributed by atoms with Crippen molar-refractivity contribution < 1.29 is 15.7 Å². The third-order valence-corrected chi connectivity index (χ3v) is 5.69. The molecule has 0 amide bonds. The predicted molar refractivity (Wildman–Crippen MR) is 64.7 cm³/mol. The lowest BCUT2D eigenvalue weighted by molar-refractivity contribution is 0.436. The standard InChI is InChI=1S/C4H14N4O4S3/c1-13(3(5)6)11-15(9,10)12-14(2)4(7)8/h13-14H,1-2H3,(H3,5,6)(H3,7,8). The molecule has 2 unspecified atom stereocenters. The molecule has 0 aliphatic rings. The first-order valence-corrected chi connectivity index (χ1v) is 8.20. The number of hydrogen-bond donors (Lipinski definition) is 6. The van der Waals surface area contributed by atoms with E-state index in [1.807, 2.05) is 0 Å². The van der Waals surface area contributed by atoms with Crippen molar-refractivity contribution in [2.24, 2.45) is 11.5 Å². The van der Waals surface area contributed by atoms with Crippen LogP contribution >= 0.6 is 22.4 Å². The van der Waals surface area contributed by atoms with Crippen LogP contribution in [0.4, 0.5) is 0 Å². The maximum Gasteiger partial charge on any atom is 0.419 e. The second-order valence-corrected chi connectivity index (χ2v) is 7.29. The fourth-order valence-corrected chi connectivity index (χ4v) is 3.55. The zero-order chi connectivity index (χ0) is 12.2. The Labute approximate surface area is 93.8 Å². The van der Waals surface area contributed by atoms with Gasteiger partial charge in [0, 0.05) is 0 Å². The Balaban J connectivity index is 4.45. The van der Waals surface area contributed by atoms with E-state index in [9.17, 15) is 8.42 Å². The number of nitrogens with one attached hydrogen (secondary N) is 2. The lowest BCUT2D eigenvalue weighted by atomic mass is 11.4. The highest BCUT2D eigenvalue weighted by atomic mass is 32.3. The van der Waals surface area contributed by atoms with Gasteiger partial charge in [-0.15, -0.1) is 0 Å². The van der Waals surface area contributed by atoms with Crippen molar-refractivity contribution in [1.29, 1.82) is 10.8 Å². The molecule has 0 heterocycles. The summed E-state index contributed by atoms with van der Waals surface area (Å²) in [5.74, 6) is 0. The van der Waals surface area contributed by atoms with E-state index >= 15 is 0 Å². The van der Waals surface area contributed by atoms with Crippen molar-refractivity contribution in [2.45, 2.75) is 0 Å². The Morgan fingerprint density at radius 1 is 1.07 bits per heavy atom. The normalized spacial score (nSPS) is 18.0. The van der Waals surface area contributed by atoms with Gasteiger partial charge in [0.15, 0.2) is 10.3 Å². The molecule has 15 heavy (non-hydrogen) atoms. The van der Waals surface area contributed by atoms with Crippen LogP contribution in [-0.4, -0.2) is 31.3 Å². The Bertz CT molecular complexity index is 327. The molecule has 0 aliphatic carbocycles. The van der Waals surface area contributed by atoms with Crippen LogP contribution in [0.3, 0.4) is 0 Å². The van der Waals surface area contributed by atoms with Crippen molar-refractivity contribution in [3.63, 3.8) is 0 Å². The summed E-state index contributed by atoms with van der Waals surface area (Å²) < 4.78 is 31.2. The molecule has 0 aromatic heterocycles. The molecule has 92 valence electrons. The van der Waals surface area contributed by atoms with Gasteiger partial charge in [0.2, 0.25) is 0 Å². The number of hydrogen-bond acceptors (Lipinski definition) is 6. The first-order valence-electron chi connectivity index (χ1n) is 3.45. The van der Waals surface area contributed by atoms with E-state index in [2.05, 4.69) is 7.26 Å². The summed E-state index contributed by atoms with van der Waals surface area (Å²) >= 11 is -3.46. The van der Waals surface area contributed by atoms with Gasteiger partial charge in [0.1, 0.15) is 0 Å². The third-order valence-electron chi connectivity index (χ3n) is 1.08. The predicted octanol–water partition coefficient (Wildman–Crippen LogP) is -0.857. The number of rotatable bonds is 4. The molecule has 0 saturated heterocycles. The summed E-state index contributed by atoms with van der Waals surface area (Å²) in [7, 11) is -4.25. The van der Waals surface area contributed by atoms with E-state index in [0.717, 1.165) is 0 Å². The molecule has 8 nitrogen and oxygen atoms in total. The van der Waals surface area contributed by atoms with Gasteiger partial charge >= 0.3 is 10.4 Å². The lowest BCUT2D eigenvalue weighted by Gasteiger charge is -2.17. The molecular formula is C4H14N4O4S3. The van der Waals surface area contributed by atoms with Crippen LogP contribution in [0.25, 0.3) is 0 Å².